The minimum Gasteiger partial charge on any atom is -0.495 e. The number of carbonyl (C=O) groups excluding carboxylic acids is 1. The lowest BCUT2D eigenvalue weighted by Crippen LogP contribution is -2.39. The number of halogens is 1. The van der Waals surface area contributed by atoms with Gasteiger partial charge in [0, 0.05) is 19.1 Å². The Bertz CT molecular complexity index is 1000. The summed E-state index contributed by atoms with van der Waals surface area (Å²) in [7, 11) is 1.56. The Morgan fingerprint density at radius 1 is 1.24 bits per heavy atom. The maximum Gasteiger partial charge on any atom is 0.275 e. The minimum atomic E-state index is -0.358. The van der Waals surface area contributed by atoms with Gasteiger partial charge >= 0.3 is 0 Å². The summed E-state index contributed by atoms with van der Waals surface area (Å²) in [4.78, 5) is 19.6. The fourth-order valence-electron chi connectivity index (χ4n) is 4.48. The monoisotopic (exact) mass is 490 g/mol. The number of nitrogens with one attached hydrogen (secondary N) is 2. The molecule has 2 aliphatic rings. The van der Waals surface area contributed by atoms with Crippen molar-refractivity contribution in [3.05, 3.63) is 34.5 Å². The van der Waals surface area contributed by atoms with E-state index >= 15 is 0 Å². The van der Waals surface area contributed by atoms with E-state index in [0.717, 1.165) is 24.9 Å². The van der Waals surface area contributed by atoms with Gasteiger partial charge in [0.2, 0.25) is 5.95 Å². The number of aromatic nitrogens is 3. The largest absolute Gasteiger partial charge is 0.495 e. The van der Waals surface area contributed by atoms with Gasteiger partial charge in [0.15, 0.2) is 11.5 Å². The summed E-state index contributed by atoms with van der Waals surface area (Å²) >= 11 is 6.25. The average molecular weight is 491 g/mol. The molecule has 10 nitrogen and oxygen atoms in total. The molecule has 0 unspecified atom stereocenters. The highest BCUT2D eigenvalue weighted by Crippen LogP contribution is 2.27. The van der Waals surface area contributed by atoms with Crippen molar-refractivity contribution < 1.29 is 19.7 Å². The van der Waals surface area contributed by atoms with Gasteiger partial charge in [0.05, 0.1) is 30.9 Å². The van der Waals surface area contributed by atoms with E-state index in [-0.39, 0.29) is 36.4 Å². The summed E-state index contributed by atoms with van der Waals surface area (Å²) in [6.45, 7) is 1.09. The number of carbonyl (C=O) groups is 1. The van der Waals surface area contributed by atoms with Crippen LogP contribution in [0, 0.1) is 0 Å². The van der Waals surface area contributed by atoms with E-state index in [1.165, 1.54) is 0 Å². The van der Waals surface area contributed by atoms with E-state index in [2.05, 4.69) is 25.8 Å². The molecule has 2 fully saturated rings. The first-order valence-electron chi connectivity index (χ1n) is 11.7. The van der Waals surface area contributed by atoms with Gasteiger partial charge in [-0.3, -0.25) is 4.79 Å². The van der Waals surface area contributed by atoms with Gasteiger partial charge in [-0.15, -0.1) is 10.2 Å². The van der Waals surface area contributed by atoms with Crippen molar-refractivity contribution >= 4 is 29.3 Å². The lowest BCUT2D eigenvalue weighted by molar-refractivity contribution is 0.0862. The number of aliphatic hydroxyl groups is 2. The molecule has 2 heterocycles. The average Bonchev–Trinajstić information content (AvgIpc) is 3.33. The van der Waals surface area contributed by atoms with Crippen LogP contribution in [-0.2, 0) is 6.54 Å². The van der Waals surface area contributed by atoms with E-state index < -0.39 is 0 Å². The summed E-state index contributed by atoms with van der Waals surface area (Å²) in [6.07, 6.45) is 4.22. The highest BCUT2D eigenvalue weighted by molar-refractivity contribution is 6.32. The SMILES string of the molecule is COc1ccc(CNc2nc(N3CCC[C@H]3CO)nnc2C(=O)NC2CCC(O)CC2)cc1Cl. The number of benzene rings is 1. The maximum atomic E-state index is 13.1. The molecule has 1 aliphatic heterocycles. The van der Waals surface area contributed by atoms with Gasteiger partial charge in [-0.05, 0) is 56.2 Å². The quantitative estimate of drug-likeness (QED) is 0.439. The second kappa shape index (κ2) is 11.2. The Morgan fingerprint density at radius 3 is 2.74 bits per heavy atom. The number of hydrogen-bond acceptors (Lipinski definition) is 9. The van der Waals surface area contributed by atoms with Crippen LogP contribution >= 0.6 is 11.6 Å². The van der Waals surface area contributed by atoms with E-state index in [9.17, 15) is 15.0 Å². The number of rotatable bonds is 8. The molecule has 34 heavy (non-hydrogen) atoms. The predicted octanol–water partition coefficient (Wildman–Crippen LogP) is 2.14. The van der Waals surface area contributed by atoms with Gasteiger partial charge in [-0.25, -0.2) is 0 Å². The van der Waals surface area contributed by atoms with Crippen LogP contribution in [-0.4, -0.2) is 69.8 Å². The smallest absolute Gasteiger partial charge is 0.275 e. The molecular formula is C23H31ClN6O4. The van der Waals surface area contributed by atoms with Crippen LogP contribution in [0.25, 0.3) is 0 Å². The summed E-state index contributed by atoms with van der Waals surface area (Å²) in [5, 5.41) is 34.6. The molecule has 0 spiro atoms. The number of ether oxygens (including phenoxy) is 1. The molecule has 11 heteroatoms. The van der Waals surface area contributed by atoms with Gasteiger partial charge in [-0.1, -0.05) is 17.7 Å². The van der Waals surface area contributed by atoms with Gasteiger partial charge in [0.25, 0.3) is 5.91 Å². The van der Waals surface area contributed by atoms with Crippen LogP contribution in [0.15, 0.2) is 18.2 Å². The first-order chi connectivity index (χ1) is 16.5. The molecular weight excluding hydrogens is 460 g/mol. The van der Waals surface area contributed by atoms with Crippen LogP contribution in [0.2, 0.25) is 5.02 Å². The van der Waals surface area contributed by atoms with Crippen LogP contribution in [0.3, 0.4) is 0 Å². The molecule has 184 valence electrons. The molecule has 1 aliphatic carbocycles. The standard InChI is InChI=1S/C23H31ClN6O4/c1-34-19-9-4-14(11-18(19)24)12-25-21-20(22(33)26-15-5-7-17(32)8-6-15)28-29-23(27-21)30-10-2-3-16(30)13-31/h4,9,11,15-17,31-32H,2-3,5-8,10,12-13H2,1H3,(H,26,33)(H,25,27,29)/t15?,16-,17?/m0/s1. The highest BCUT2D eigenvalue weighted by atomic mass is 35.5. The zero-order valence-corrected chi connectivity index (χ0v) is 20.0. The number of aliphatic hydroxyl groups excluding tert-OH is 2. The lowest BCUT2D eigenvalue weighted by Gasteiger charge is -2.26. The van der Waals surface area contributed by atoms with Crippen molar-refractivity contribution in [2.24, 2.45) is 0 Å². The third-order valence-electron chi connectivity index (χ3n) is 6.44. The molecule has 1 aromatic carbocycles. The van der Waals surface area contributed by atoms with Gasteiger partial charge in [0.1, 0.15) is 5.75 Å². The van der Waals surface area contributed by atoms with E-state index in [1.807, 2.05) is 11.0 Å². The number of hydrogen-bond donors (Lipinski definition) is 4. The fourth-order valence-corrected chi connectivity index (χ4v) is 4.76. The number of nitrogens with zero attached hydrogens (tertiary/aromatic N) is 4. The van der Waals surface area contributed by atoms with Crippen molar-refractivity contribution in [3.63, 3.8) is 0 Å². The van der Waals surface area contributed by atoms with E-state index in [4.69, 9.17) is 16.3 Å². The first-order valence-corrected chi connectivity index (χ1v) is 12.0. The predicted molar refractivity (Wildman–Crippen MR) is 128 cm³/mol. The van der Waals surface area contributed by atoms with Crippen LogP contribution in [0.1, 0.15) is 54.6 Å². The van der Waals surface area contributed by atoms with E-state index in [0.29, 0.717) is 54.8 Å². The van der Waals surface area contributed by atoms with Gasteiger partial charge < -0.3 is 30.5 Å². The molecule has 4 N–H and O–H groups in total. The minimum absolute atomic E-state index is 0.00619. The molecule has 1 saturated heterocycles. The second-order valence-corrected chi connectivity index (χ2v) is 9.19. The Labute approximate surface area is 203 Å². The van der Waals surface area contributed by atoms with Crippen molar-refractivity contribution in [1.29, 1.82) is 0 Å². The van der Waals surface area contributed by atoms with Crippen LogP contribution < -0.4 is 20.3 Å². The summed E-state index contributed by atoms with van der Waals surface area (Å²) in [5.41, 5.74) is 0.988. The Balaban J connectivity index is 1.55. The lowest BCUT2D eigenvalue weighted by atomic mass is 9.93. The summed E-state index contributed by atoms with van der Waals surface area (Å²) in [6, 6.07) is 5.36. The summed E-state index contributed by atoms with van der Waals surface area (Å²) in [5.74, 6) is 0.916. The van der Waals surface area contributed by atoms with Crippen molar-refractivity contribution in [2.45, 2.75) is 63.3 Å². The Hall–Kier alpha value is -2.69. The number of methoxy groups -OCH3 is 1. The topological polar surface area (TPSA) is 133 Å². The zero-order valence-electron chi connectivity index (χ0n) is 19.2. The number of amides is 1. The molecule has 1 amide bonds. The third kappa shape index (κ3) is 5.68. The van der Waals surface area contributed by atoms with Gasteiger partial charge in [-0.2, -0.15) is 4.98 Å². The highest BCUT2D eigenvalue weighted by Gasteiger charge is 2.29. The molecule has 0 radical (unpaired) electrons. The fraction of sp³-hybridized carbons (Fsp3) is 0.565. The molecule has 4 rings (SSSR count). The normalized spacial score (nSPS) is 22.5. The maximum absolute atomic E-state index is 13.1. The Kier molecular flexibility index (Phi) is 8.02. The number of anilines is 2. The van der Waals surface area contributed by atoms with Crippen molar-refractivity contribution in [2.75, 3.05) is 30.5 Å². The van der Waals surface area contributed by atoms with Crippen molar-refractivity contribution in [3.8, 4) is 5.75 Å². The molecule has 0 bridgehead atoms. The first kappa shape index (κ1) is 24.4. The summed E-state index contributed by atoms with van der Waals surface area (Å²) < 4.78 is 5.21. The Morgan fingerprint density at radius 2 is 2.03 bits per heavy atom. The molecule has 1 atom stereocenters. The van der Waals surface area contributed by atoms with Crippen LogP contribution in [0.4, 0.5) is 11.8 Å². The zero-order chi connectivity index (χ0) is 24.1. The molecule has 1 saturated carbocycles. The molecule has 2 aromatic rings. The van der Waals surface area contributed by atoms with E-state index in [1.54, 1.807) is 19.2 Å². The third-order valence-corrected chi connectivity index (χ3v) is 6.74. The van der Waals surface area contributed by atoms with Crippen LogP contribution in [0.5, 0.6) is 5.75 Å². The van der Waals surface area contributed by atoms with Crippen molar-refractivity contribution in [1.82, 2.24) is 20.5 Å². The molecule has 1 aromatic heterocycles. The second-order valence-electron chi connectivity index (χ2n) is 8.78.